The van der Waals surface area contributed by atoms with E-state index in [0.29, 0.717) is 42.5 Å². The van der Waals surface area contributed by atoms with Crippen LogP contribution in [0.4, 0.5) is 22.0 Å². The fourth-order valence-corrected chi connectivity index (χ4v) is 5.37. The van der Waals surface area contributed by atoms with Gasteiger partial charge in [-0.3, -0.25) is 4.79 Å². The third kappa shape index (κ3) is 7.59. The van der Waals surface area contributed by atoms with Gasteiger partial charge in [0, 0.05) is 66.7 Å². The number of urea groups is 1. The molecule has 0 spiro atoms. The molecule has 6 rings (SSSR count). The molecule has 1 saturated heterocycles. The average Bonchev–Trinajstić information content (AvgIpc) is 3.53. The van der Waals surface area contributed by atoms with Gasteiger partial charge >= 0.3 is 6.03 Å². The third-order valence-corrected chi connectivity index (χ3v) is 8.03. The van der Waals surface area contributed by atoms with Crippen molar-refractivity contribution in [3.8, 4) is 22.7 Å². The lowest BCUT2D eigenvalue weighted by atomic mass is 10.1. The zero-order valence-corrected chi connectivity index (χ0v) is 27.1. The second-order valence-electron chi connectivity index (χ2n) is 11.9. The molecule has 11 nitrogen and oxygen atoms in total. The van der Waals surface area contributed by atoms with Crippen LogP contribution >= 0.6 is 0 Å². The first-order chi connectivity index (χ1) is 22.7. The number of anilines is 3. The van der Waals surface area contributed by atoms with E-state index in [1.807, 2.05) is 74.4 Å². The molecule has 1 aliphatic rings. The van der Waals surface area contributed by atoms with E-state index in [-0.39, 0.29) is 5.91 Å². The maximum Gasteiger partial charge on any atom is 0.323 e. The van der Waals surface area contributed by atoms with Gasteiger partial charge in [0.2, 0.25) is 0 Å². The molecule has 1 fully saturated rings. The molecule has 5 aromatic rings. The number of nitrogens with one attached hydrogen (secondary N) is 2. The zero-order valence-electron chi connectivity index (χ0n) is 27.1. The number of rotatable bonds is 9. The molecule has 0 aliphatic carbocycles. The van der Waals surface area contributed by atoms with Crippen LogP contribution in [-0.4, -0.2) is 92.2 Å². The molecular weight excluding hydrogens is 594 g/mol. The number of furan rings is 1. The van der Waals surface area contributed by atoms with Crippen LogP contribution in [0, 0.1) is 6.92 Å². The molecule has 11 heteroatoms. The largest absolute Gasteiger partial charge is 0.461 e. The van der Waals surface area contributed by atoms with Gasteiger partial charge in [0.25, 0.3) is 5.91 Å². The predicted octanol–water partition coefficient (Wildman–Crippen LogP) is 5.98. The Morgan fingerprint density at radius 1 is 0.809 bits per heavy atom. The SMILES string of the molecule is Cc1ccc(-c2ccc3c(N4CCOCC4)nc(-c4ccc(NC(=O)Nc5ccc(C(=O)N(C)CCN(C)C)cc5)cc4)nc3c2)o1. The van der Waals surface area contributed by atoms with E-state index >= 15 is 0 Å². The molecule has 0 bridgehead atoms. The number of ether oxygens (including phenoxy) is 1. The fraction of sp³-hybridized carbons (Fsp3) is 0.278. The van der Waals surface area contributed by atoms with Crippen molar-refractivity contribution in [2.24, 2.45) is 0 Å². The highest BCUT2D eigenvalue weighted by Crippen LogP contribution is 2.32. The number of carbonyl (C=O) groups is 2. The molecular formula is C36H39N7O4. The molecule has 3 amide bonds. The highest BCUT2D eigenvalue weighted by molar-refractivity contribution is 6.01. The molecule has 0 radical (unpaired) electrons. The number of amides is 3. The Morgan fingerprint density at radius 2 is 1.47 bits per heavy atom. The summed E-state index contributed by atoms with van der Waals surface area (Å²) in [4.78, 5) is 41.4. The summed E-state index contributed by atoms with van der Waals surface area (Å²) in [6, 6.07) is 24.0. The van der Waals surface area contributed by atoms with Gasteiger partial charge in [0.15, 0.2) is 5.82 Å². The third-order valence-electron chi connectivity index (χ3n) is 8.03. The topological polar surface area (TPSA) is 116 Å². The van der Waals surface area contributed by atoms with Gasteiger partial charge in [-0.05, 0) is 93.8 Å². The summed E-state index contributed by atoms with van der Waals surface area (Å²) >= 11 is 0. The maximum atomic E-state index is 12.8. The number of likely N-dealkylation sites (N-methyl/N-ethyl adjacent to an activating group) is 2. The van der Waals surface area contributed by atoms with Crippen LogP contribution in [0.1, 0.15) is 16.1 Å². The summed E-state index contributed by atoms with van der Waals surface area (Å²) in [6.07, 6.45) is 0. The van der Waals surface area contributed by atoms with Crippen molar-refractivity contribution in [1.29, 1.82) is 0 Å². The standard InChI is InChI=1S/C36H39N7O4/c1-24-5-16-32(47-24)27-10-15-30-31(23-27)39-33(40-34(30)43-19-21-46-22-20-43)25-6-11-28(12-7-25)37-36(45)38-29-13-8-26(9-14-29)35(44)42(4)18-17-41(2)3/h5-16,23H,17-22H2,1-4H3,(H2,37,38,45). The van der Waals surface area contributed by atoms with Crippen molar-refractivity contribution in [2.45, 2.75) is 6.92 Å². The molecule has 3 heterocycles. The first kappa shape index (κ1) is 31.7. The molecule has 242 valence electrons. The molecule has 2 aromatic heterocycles. The number of carbonyl (C=O) groups excluding carboxylic acids is 2. The number of hydrogen-bond donors (Lipinski definition) is 2. The minimum Gasteiger partial charge on any atom is -0.461 e. The minimum atomic E-state index is -0.392. The van der Waals surface area contributed by atoms with Crippen LogP contribution < -0.4 is 15.5 Å². The van der Waals surface area contributed by atoms with Crippen LogP contribution in [0.25, 0.3) is 33.6 Å². The Bertz CT molecular complexity index is 1860. The van der Waals surface area contributed by atoms with E-state index in [2.05, 4.69) is 21.6 Å². The summed E-state index contributed by atoms with van der Waals surface area (Å²) in [5.74, 6) is 3.03. The number of morpholine rings is 1. The summed E-state index contributed by atoms with van der Waals surface area (Å²) < 4.78 is 11.5. The van der Waals surface area contributed by atoms with E-state index in [0.717, 1.165) is 59.0 Å². The Hall–Kier alpha value is -5.26. The van der Waals surface area contributed by atoms with Crippen LogP contribution in [0.15, 0.2) is 83.3 Å². The van der Waals surface area contributed by atoms with Crippen LogP contribution in [0.5, 0.6) is 0 Å². The highest BCUT2D eigenvalue weighted by atomic mass is 16.5. The van der Waals surface area contributed by atoms with Crippen LogP contribution in [-0.2, 0) is 4.74 Å². The first-order valence-corrected chi connectivity index (χ1v) is 15.6. The number of fused-ring (bicyclic) bond motifs is 1. The summed E-state index contributed by atoms with van der Waals surface area (Å²) in [5, 5.41) is 6.66. The molecule has 47 heavy (non-hydrogen) atoms. The Morgan fingerprint density at radius 3 is 2.11 bits per heavy atom. The van der Waals surface area contributed by atoms with E-state index in [1.165, 1.54) is 0 Å². The van der Waals surface area contributed by atoms with Crippen molar-refractivity contribution in [3.05, 3.63) is 90.2 Å². The van der Waals surface area contributed by atoms with Gasteiger partial charge in [-0.15, -0.1) is 0 Å². The van der Waals surface area contributed by atoms with Crippen LogP contribution in [0.2, 0.25) is 0 Å². The fourth-order valence-electron chi connectivity index (χ4n) is 5.37. The van der Waals surface area contributed by atoms with Crippen molar-refractivity contribution < 1.29 is 18.7 Å². The van der Waals surface area contributed by atoms with Crippen molar-refractivity contribution in [3.63, 3.8) is 0 Å². The monoisotopic (exact) mass is 633 g/mol. The second-order valence-corrected chi connectivity index (χ2v) is 11.9. The van der Waals surface area contributed by atoms with E-state index in [9.17, 15) is 9.59 Å². The van der Waals surface area contributed by atoms with Gasteiger partial charge in [-0.25, -0.2) is 14.8 Å². The second kappa shape index (κ2) is 14.0. The molecule has 0 unspecified atom stereocenters. The lowest BCUT2D eigenvalue weighted by Gasteiger charge is -2.29. The van der Waals surface area contributed by atoms with E-state index < -0.39 is 6.03 Å². The number of benzene rings is 3. The average molecular weight is 634 g/mol. The predicted molar refractivity (Wildman–Crippen MR) is 185 cm³/mol. The van der Waals surface area contributed by atoms with Crippen molar-refractivity contribution in [1.82, 2.24) is 19.8 Å². The Balaban J connectivity index is 1.16. The normalized spacial score (nSPS) is 13.2. The number of hydrogen-bond acceptors (Lipinski definition) is 8. The Kier molecular flexibility index (Phi) is 9.46. The summed E-state index contributed by atoms with van der Waals surface area (Å²) in [7, 11) is 5.72. The lowest BCUT2D eigenvalue weighted by Crippen LogP contribution is -2.37. The number of aromatic nitrogens is 2. The van der Waals surface area contributed by atoms with Gasteiger partial charge in [-0.2, -0.15) is 0 Å². The molecule has 3 aromatic carbocycles. The van der Waals surface area contributed by atoms with E-state index in [1.54, 1.807) is 36.2 Å². The Labute approximate surface area is 274 Å². The van der Waals surface area contributed by atoms with E-state index in [4.69, 9.17) is 19.1 Å². The smallest absolute Gasteiger partial charge is 0.323 e. The quantitative estimate of drug-likeness (QED) is 0.204. The van der Waals surface area contributed by atoms with Gasteiger partial charge < -0.3 is 34.5 Å². The van der Waals surface area contributed by atoms with Gasteiger partial charge in [0.05, 0.1) is 18.7 Å². The molecule has 1 aliphatic heterocycles. The highest BCUT2D eigenvalue weighted by Gasteiger charge is 2.19. The number of aryl methyl sites for hydroxylation is 1. The maximum absolute atomic E-state index is 12.8. The van der Waals surface area contributed by atoms with Crippen molar-refractivity contribution in [2.75, 3.05) is 76.1 Å². The van der Waals surface area contributed by atoms with Crippen molar-refractivity contribution >= 4 is 40.0 Å². The zero-order chi connectivity index (χ0) is 32.9. The molecule has 0 atom stereocenters. The minimum absolute atomic E-state index is 0.0663. The lowest BCUT2D eigenvalue weighted by molar-refractivity contribution is 0.0786. The molecule has 0 saturated carbocycles. The summed E-state index contributed by atoms with van der Waals surface area (Å²) in [5.41, 5.74) is 4.34. The summed E-state index contributed by atoms with van der Waals surface area (Å²) in [6.45, 7) is 6.11. The van der Waals surface area contributed by atoms with Gasteiger partial charge in [0.1, 0.15) is 17.3 Å². The molecule has 2 N–H and O–H groups in total. The van der Waals surface area contributed by atoms with Gasteiger partial charge in [-0.1, -0.05) is 6.07 Å². The number of nitrogens with zero attached hydrogens (tertiary/aromatic N) is 5. The first-order valence-electron chi connectivity index (χ1n) is 15.6. The van der Waals surface area contributed by atoms with Crippen LogP contribution in [0.3, 0.4) is 0 Å².